The number of halogens is 1. The lowest BCUT2D eigenvalue weighted by molar-refractivity contribution is -0.605. The van der Waals surface area contributed by atoms with E-state index in [-0.39, 0.29) is 21.2 Å². The standard InChI is InChI=1S/C15H13ClN2O6S/c1-25(22,23)11-2-3-12(16)13(8-11)17-14(19)9-24-15(20)10-4-6-18(21)7-5-10/h2-8H,9H2,1H3,(H,17,19). The van der Waals surface area contributed by atoms with Crippen LogP contribution in [0.1, 0.15) is 10.4 Å². The van der Waals surface area contributed by atoms with Crippen LogP contribution in [-0.2, 0) is 19.4 Å². The zero-order chi connectivity index (χ0) is 18.6. The third-order valence-electron chi connectivity index (χ3n) is 3.01. The molecule has 0 saturated carbocycles. The largest absolute Gasteiger partial charge is 0.619 e. The third-order valence-corrected chi connectivity index (χ3v) is 4.45. The monoisotopic (exact) mass is 384 g/mol. The molecular weight excluding hydrogens is 372 g/mol. The molecular formula is C15H13ClN2O6S. The fourth-order valence-electron chi connectivity index (χ4n) is 1.78. The van der Waals surface area contributed by atoms with Crippen LogP contribution in [0.15, 0.2) is 47.6 Å². The number of rotatable bonds is 5. The van der Waals surface area contributed by atoms with E-state index in [9.17, 15) is 23.2 Å². The Morgan fingerprint density at radius 2 is 1.88 bits per heavy atom. The Morgan fingerprint density at radius 3 is 2.48 bits per heavy atom. The van der Waals surface area contributed by atoms with Crippen LogP contribution in [0, 0.1) is 5.21 Å². The molecule has 0 aliphatic rings. The van der Waals surface area contributed by atoms with Crippen molar-refractivity contribution in [2.24, 2.45) is 0 Å². The van der Waals surface area contributed by atoms with Gasteiger partial charge in [-0.05, 0) is 18.2 Å². The summed E-state index contributed by atoms with van der Waals surface area (Å²) in [6.07, 6.45) is 3.26. The molecule has 0 aliphatic heterocycles. The molecule has 0 unspecified atom stereocenters. The van der Waals surface area contributed by atoms with Crippen LogP contribution >= 0.6 is 11.6 Å². The first-order valence-electron chi connectivity index (χ1n) is 6.82. The summed E-state index contributed by atoms with van der Waals surface area (Å²) in [5, 5.41) is 13.4. The Kier molecular flexibility index (Phi) is 5.60. The van der Waals surface area contributed by atoms with Gasteiger partial charge in [-0.25, -0.2) is 13.2 Å². The number of esters is 1. The van der Waals surface area contributed by atoms with Crippen LogP contribution in [-0.4, -0.2) is 33.2 Å². The van der Waals surface area contributed by atoms with Gasteiger partial charge >= 0.3 is 5.97 Å². The van der Waals surface area contributed by atoms with E-state index in [0.29, 0.717) is 4.73 Å². The number of sulfone groups is 1. The molecule has 1 aromatic heterocycles. The fourth-order valence-corrected chi connectivity index (χ4v) is 2.59. The minimum absolute atomic E-state index is 0.0144. The average Bonchev–Trinajstić information content (AvgIpc) is 2.54. The van der Waals surface area contributed by atoms with Crippen molar-refractivity contribution in [3.05, 3.63) is 58.5 Å². The van der Waals surface area contributed by atoms with Crippen molar-refractivity contribution in [2.75, 3.05) is 18.2 Å². The van der Waals surface area contributed by atoms with Gasteiger partial charge in [0.25, 0.3) is 5.91 Å². The minimum atomic E-state index is -3.47. The summed E-state index contributed by atoms with van der Waals surface area (Å²) in [5.41, 5.74) is 0.190. The molecule has 132 valence electrons. The molecule has 0 atom stereocenters. The van der Waals surface area contributed by atoms with E-state index >= 15 is 0 Å². The number of pyridine rings is 1. The van der Waals surface area contributed by atoms with Crippen LogP contribution in [0.25, 0.3) is 0 Å². The predicted molar refractivity (Wildman–Crippen MR) is 88.9 cm³/mol. The third kappa shape index (κ3) is 5.16. The van der Waals surface area contributed by atoms with Crippen molar-refractivity contribution in [3.8, 4) is 0 Å². The van der Waals surface area contributed by atoms with Gasteiger partial charge in [-0.2, -0.15) is 4.73 Å². The molecule has 10 heteroatoms. The summed E-state index contributed by atoms with van der Waals surface area (Å²) < 4.78 is 28.4. The van der Waals surface area contributed by atoms with Crippen molar-refractivity contribution >= 4 is 39.0 Å². The number of ether oxygens (including phenoxy) is 1. The minimum Gasteiger partial charge on any atom is -0.619 e. The lowest BCUT2D eigenvalue weighted by Gasteiger charge is -2.09. The van der Waals surface area contributed by atoms with Crippen molar-refractivity contribution < 1.29 is 27.5 Å². The first-order chi connectivity index (χ1) is 11.7. The fraction of sp³-hybridized carbons (Fsp3) is 0.133. The zero-order valence-corrected chi connectivity index (χ0v) is 14.5. The van der Waals surface area contributed by atoms with Gasteiger partial charge < -0.3 is 15.3 Å². The van der Waals surface area contributed by atoms with E-state index in [1.807, 2.05) is 0 Å². The van der Waals surface area contributed by atoms with Crippen LogP contribution in [0.2, 0.25) is 5.02 Å². The predicted octanol–water partition coefficient (Wildman–Crippen LogP) is 1.17. The van der Waals surface area contributed by atoms with Crippen molar-refractivity contribution in [2.45, 2.75) is 4.90 Å². The molecule has 2 rings (SSSR count). The molecule has 1 N–H and O–H groups in total. The van der Waals surface area contributed by atoms with Crippen LogP contribution < -0.4 is 10.0 Å². The number of nitrogens with zero attached hydrogens (tertiary/aromatic N) is 1. The van der Waals surface area contributed by atoms with E-state index in [4.69, 9.17) is 16.3 Å². The van der Waals surface area contributed by atoms with Gasteiger partial charge in [0.05, 0.1) is 21.2 Å². The molecule has 0 fully saturated rings. The van der Waals surface area contributed by atoms with E-state index in [1.54, 1.807) is 0 Å². The highest BCUT2D eigenvalue weighted by Gasteiger charge is 2.14. The Bertz CT molecular complexity index is 912. The first kappa shape index (κ1) is 18.7. The maximum Gasteiger partial charge on any atom is 0.339 e. The van der Waals surface area contributed by atoms with Gasteiger partial charge in [0.15, 0.2) is 28.8 Å². The smallest absolute Gasteiger partial charge is 0.339 e. The second-order valence-corrected chi connectivity index (χ2v) is 7.41. The average molecular weight is 385 g/mol. The van der Waals surface area contributed by atoms with Gasteiger partial charge in [-0.3, -0.25) is 4.79 Å². The Hall–Kier alpha value is -2.65. The quantitative estimate of drug-likeness (QED) is 0.470. The molecule has 2 aromatic rings. The molecule has 0 bridgehead atoms. The molecule has 0 spiro atoms. The number of hydrogen-bond donors (Lipinski definition) is 1. The Balaban J connectivity index is 2.01. The number of aromatic nitrogens is 1. The second kappa shape index (κ2) is 7.49. The van der Waals surface area contributed by atoms with Gasteiger partial charge in [-0.1, -0.05) is 11.6 Å². The summed E-state index contributed by atoms with van der Waals surface area (Å²) in [6, 6.07) is 6.35. The number of nitrogens with one attached hydrogen (secondary N) is 1. The highest BCUT2D eigenvalue weighted by molar-refractivity contribution is 7.90. The SMILES string of the molecule is CS(=O)(=O)c1ccc(Cl)c(NC(=O)COC(=O)c2cc[n+]([O-])cc2)c1. The topological polar surface area (TPSA) is 116 Å². The van der Waals surface area contributed by atoms with E-state index in [1.165, 1.54) is 30.3 Å². The number of amides is 1. The maximum atomic E-state index is 11.9. The van der Waals surface area contributed by atoms with Gasteiger partial charge in [-0.15, -0.1) is 0 Å². The number of hydrogen-bond acceptors (Lipinski definition) is 6. The first-order valence-corrected chi connectivity index (χ1v) is 9.09. The molecule has 1 aromatic carbocycles. The summed E-state index contributed by atoms with van der Waals surface area (Å²) in [5.74, 6) is -1.48. The maximum absolute atomic E-state index is 11.9. The van der Waals surface area contributed by atoms with Crippen molar-refractivity contribution in [1.82, 2.24) is 0 Å². The normalized spacial score (nSPS) is 11.0. The van der Waals surface area contributed by atoms with E-state index < -0.39 is 28.3 Å². The molecule has 25 heavy (non-hydrogen) atoms. The number of carbonyl (C=O) groups excluding carboxylic acids is 2. The molecule has 1 amide bonds. The lowest BCUT2D eigenvalue weighted by Crippen LogP contribution is -2.25. The molecule has 0 aliphatic carbocycles. The summed E-state index contributed by atoms with van der Waals surface area (Å²) >= 11 is 5.91. The zero-order valence-electron chi connectivity index (χ0n) is 12.9. The molecule has 8 nitrogen and oxygen atoms in total. The van der Waals surface area contributed by atoms with Crippen LogP contribution in [0.5, 0.6) is 0 Å². The lowest BCUT2D eigenvalue weighted by atomic mass is 10.3. The van der Waals surface area contributed by atoms with Crippen molar-refractivity contribution in [3.63, 3.8) is 0 Å². The highest BCUT2D eigenvalue weighted by Crippen LogP contribution is 2.25. The van der Waals surface area contributed by atoms with Crippen molar-refractivity contribution in [1.29, 1.82) is 0 Å². The van der Waals surface area contributed by atoms with Crippen LogP contribution in [0.4, 0.5) is 5.69 Å². The van der Waals surface area contributed by atoms with Gasteiger partial charge in [0, 0.05) is 18.4 Å². The summed E-state index contributed by atoms with van der Waals surface area (Å²) in [6.45, 7) is -0.607. The second-order valence-electron chi connectivity index (χ2n) is 4.98. The highest BCUT2D eigenvalue weighted by atomic mass is 35.5. The van der Waals surface area contributed by atoms with E-state index in [2.05, 4.69) is 5.32 Å². The number of benzene rings is 1. The van der Waals surface area contributed by atoms with Crippen LogP contribution in [0.3, 0.4) is 0 Å². The summed E-state index contributed by atoms with van der Waals surface area (Å²) in [4.78, 5) is 23.6. The van der Waals surface area contributed by atoms with Gasteiger partial charge in [0.1, 0.15) is 0 Å². The van der Waals surface area contributed by atoms with Gasteiger partial charge in [0.2, 0.25) is 0 Å². The van der Waals surface area contributed by atoms with E-state index in [0.717, 1.165) is 18.6 Å². The summed E-state index contributed by atoms with van der Waals surface area (Å²) in [7, 11) is -3.47. The molecule has 0 radical (unpaired) electrons. The molecule has 0 saturated heterocycles. The Labute approximate surface area is 148 Å². The number of carbonyl (C=O) groups is 2. The Morgan fingerprint density at radius 1 is 1.24 bits per heavy atom. The number of anilines is 1. The molecule has 1 heterocycles.